The third-order valence-electron chi connectivity index (χ3n) is 2.31. The first kappa shape index (κ1) is 9.21. The molecular weight excluding hydrogens is 182 g/mol. The van der Waals surface area contributed by atoms with Gasteiger partial charge in [0, 0.05) is 39.2 Å². The van der Waals surface area contributed by atoms with Crippen molar-refractivity contribution in [3.63, 3.8) is 0 Å². The van der Waals surface area contributed by atoms with Gasteiger partial charge in [0.2, 0.25) is 5.76 Å². The largest absolute Gasteiger partial charge is 0.350 e. The van der Waals surface area contributed by atoms with Gasteiger partial charge in [0.1, 0.15) is 0 Å². The van der Waals surface area contributed by atoms with Crippen LogP contribution in [0.5, 0.6) is 0 Å². The highest BCUT2D eigenvalue weighted by molar-refractivity contribution is 5.92. The molecule has 0 spiro atoms. The predicted octanol–water partition coefficient (Wildman–Crippen LogP) is 0.0221. The molecule has 0 atom stereocenters. The van der Waals surface area contributed by atoms with Gasteiger partial charge in [0.15, 0.2) is 0 Å². The summed E-state index contributed by atoms with van der Waals surface area (Å²) in [5.41, 5.74) is 1.82. The van der Waals surface area contributed by atoms with E-state index in [-0.39, 0.29) is 5.91 Å². The van der Waals surface area contributed by atoms with Crippen LogP contribution >= 0.6 is 0 Å². The zero-order chi connectivity index (χ0) is 10.1. The molecule has 76 valence electrons. The molecule has 0 radical (unpaired) electrons. The number of carbonyl (C=O) groups is 1. The summed E-state index contributed by atoms with van der Waals surface area (Å²) in [4.78, 5) is 13.1. The summed E-state index contributed by atoms with van der Waals surface area (Å²) in [6.07, 6.45) is 0.833. The van der Waals surface area contributed by atoms with Gasteiger partial charge in [-0.25, -0.2) is 0 Å². The molecule has 1 aromatic heterocycles. The molecule has 5 heteroatoms. The topological polar surface area (TPSA) is 58.4 Å². The van der Waals surface area contributed by atoms with E-state index < -0.39 is 0 Å². The van der Waals surface area contributed by atoms with Crippen molar-refractivity contribution < 1.29 is 9.32 Å². The van der Waals surface area contributed by atoms with Gasteiger partial charge in [-0.1, -0.05) is 5.16 Å². The highest BCUT2D eigenvalue weighted by Crippen LogP contribution is 2.18. The average molecular weight is 195 g/mol. The fourth-order valence-corrected chi connectivity index (χ4v) is 1.51. The van der Waals surface area contributed by atoms with Gasteiger partial charge in [0.05, 0.1) is 5.69 Å². The van der Waals surface area contributed by atoms with E-state index in [9.17, 15) is 4.79 Å². The minimum Gasteiger partial charge on any atom is -0.350 e. The molecule has 0 aromatic carbocycles. The zero-order valence-corrected chi connectivity index (χ0v) is 8.33. The SMILES string of the molecule is CN(C)C(=O)c1onc2c1CNCC2. The summed E-state index contributed by atoms with van der Waals surface area (Å²) < 4.78 is 5.06. The zero-order valence-electron chi connectivity index (χ0n) is 8.33. The van der Waals surface area contributed by atoms with Crippen LogP contribution in [0.1, 0.15) is 21.8 Å². The lowest BCUT2D eigenvalue weighted by Crippen LogP contribution is -2.27. The standard InChI is InChI=1S/C9H13N3O2/c1-12(2)9(13)8-6-5-10-4-3-7(6)11-14-8/h10H,3-5H2,1-2H3. The number of hydrogen-bond acceptors (Lipinski definition) is 4. The Labute approximate surface area is 82.1 Å². The molecule has 0 bridgehead atoms. The molecule has 1 aliphatic rings. The lowest BCUT2D eigenvalue weighted by molar-refractivity contribution is 0.0785. The Morgan fingerprint density at radius 1 is 1.57 bits per heavy atom. The van der Waals surface area contributed by atoms with Crippen LogP contribution < -0.4 is 5.32 Å². The molecule has 0 aliphatic carbocycles. The molecule has 14 heavy (non-hydrogen) atoms. The predicted molar refractivity (Wildman–Crippen MR) is 49.9 cm³/mol. The van der Waals surface area contributed by atoms with Crippen molar-refractivity contribution in [3.8, 4) is 0 Å². The van der Waals surface area contributed by atoms with E-state index in [4.69, 9.17) is 4.52 Å². The normalized spacial score (nSPS) is 15.0. The number of nitrogens with one attached hydrogen (secondary N) is 1. The Kier molecular flexibility index (Phi) is 2.25. The molecule has 0 unspecified atom stereocenters. The molecule has 2 heterocycles. The maximum Gasteiger partial charge on any atom is 0.292 e. The summed E-state index contributed by atoms with van der Waals surface area (Å²) in [5, 5.41) is 7.09. The first-order valence-corrected chi connectivity index (χ1v) is 4.60. The summed E-state index contributed by atoms with van der Waals surface area (Å²) >= 11 is 0. The van der Waals surface area contributed by atoms with E-state index >= 15 is 0 Å². The van der Waals surface area contributed by atoms with Crippen molar-refractivity contribution >= 4 is 5.91 Å². The van der Waals surface area contributed by atoms with E-state index in [0.29, 0.717) is 12.3 Å². The van der Waals surface area contributed by atoms with Crippen LogP contribution in [-0.2, 0) is 13.0 Å². The number of rotatable bonds is 1. The summed E-state index contributed by atoms with van der Waals surface area (Å²) in [5.74, 6) is 0.250. The molecule has 1 amide bonds. The van der Waals surface area contributed by atoms with Crippen molar-refractivity contribution in [2.75, 3.05) is 20.6 Å². The monoisotopic (exact) mass is 195 g/mol. The van der Waals surface area contributed by atoms with Crippen LogP contribution in [0.25, 0.3) is 0 Å². The molecule has 0 saturated heterocycles. The Hall–Kier alpha value is -1.36. The third kappa shape index (κ3) is 1.39. The number of amides is 1. The van der Waals surface area contributed by atoms with Crippen LogP contribution in [0.4, 0.5) is 0 Å². The lowest BCUT2D eigenvalue weighted by Gasteiger charge is -2.12. The molecule has 0 fully saturated rings. The highest BCUT2D eigenvalue weighted by Gasteiger charge is 2.24. The van der Waals surface area contributed by atoms with Crippen molar-refractivity contribution in [2.24, 2.45) is 0 Å². The minimum atomic E-state index is -0.123. The second-order valence-corrected chi connectivity index (χ2v) is 3.56. The van der Waals surface area contributed by atoms with Crippen LogP contribution in [0.3, 0.4) is 0 Å². The van der Waals surface area contributed by atoms with Gasteiger partial charge in [0.25, 0.3) is 5.91 Å². The van der Waals surface area contributed by atoms with Gasteiger partial charge in [-0.2, -0.15) is 0 Å². The average Bonchev–Trinajstić information content (AvgIpc) is 2.60. The van der Waals surface area contributed by atoms with Crippen LogP contribution in [-0.4, -0.2) is 36.6 Å². The third-order valence-corrected chi connectivity index (χ3v) is 2.31. The Bertz CT molecular complexity index is 357. The molecule has 0 saturated carbocycles. The molecule has 1 aliphatic heterocycles. The first-order valence-electron chi connectivity index (χ1n) is 4.60. The van der Waals surface area contributed by atoms with E-state index in [1.54, 1.807) is 14.1 Å². The van der Waals surface area contributed by atoms with Crippen molar-refractivity contribution in [2.45, 2.75) is 13.0 Å². The first-order chi connectivity index (χ1) is 6.70. The second-order valence-electron chi connectivity index (χ2n) is 3.56. The van der Waals surface area contributed by atoms with Gasteiger partial charge in [-0.3, -0.25) is 4.79 Å². The number of nitrogens with zero attached hydrogens (tertiary/aromatic N) is 2. The van der Waals surface area contributed by atoms with E-state index in [0.717, 1.165) is 24.2 Å². The van der Waals surface area contributed by atoms with Crippen LogP contribution in [0.2, 0.25) is 0 Å². The number of carbonyl (C=O) groups excluding carboxylic acids is 1. The van der Waals surface area contributed by atoms with Gasteiger partial charge >= 0.3 is 0 Å². The molecule has 5 nitrogen and oxygen atoms in total. The minimum absolute atomic E-state index is 0.123. The number of hydrogen-bond donors (Lipinski definition) is 1. The Morgan fingerprint density at radius 3 is 3.07 bits per heavy atom. The summed E-state index contributed by atoms with van der Waals surface area (Å²) in [6.45, 7) is 1.57. The maximum atomic E-state index is 11.6. The summed E-state index contributed by atoms with van der Waals surface area (Å²) in [7, 11) is 3.40. The fraction of sp³-hybridized carbons (Fsp3) is 0.556. The lowest BCUT2D eigenvalue weighted by atomic mass is 10.1. The molecule has 2 rings (SSSR count). The number of fused-ring (bicyclic) bond motifs is 1. The van der Waals surface area contributed by atoms with E-state index in [1.165, 1.54) is 4.90 Å². The van der Waals surface area contributed by atoms with Crippen LogP contribution in [0, 0.1) is 0 Å². The van der Waals surface area contributed by atoms with Gasteiger partial charge < -0.3 is 14.7 Å². The van der Waals surface area contributed by atoms with Crippen molar-refractivity contribution in [3.05, 3.63) is 17.0 Å². The summed E-state index contributed by atoms with van der Waals surface area (Å²) in [6, 6.07) is 0. The quantitative estimate of drug-likeness (QED) is 0.686. The fourth-order valence-electron chi connectivity index (χ4n) is 1.51. The van der Waals surface area contributed by atoms with Crippen molar-refractivity contribution in [1.82, 2.24) is 15.4 Å². The smallest absolute Gasteiger partial charge is 0.292 e. The molecule has 1 aromatic rings. The van der Waals surface area contributed by atoms with E-state index in [2.05, 4.69) is 10.5 Å². The highest BCUT2D eigenvalue weighted by atomic mass is 16.5. The van der Waals surface area contributed by atoms with Crippen molar-refractivity contribution in [1.29, 1.82) is 0 Å². The molecular formula is C9H13N3O2. The maximum absolute atomic E-state index is 11.6. The van der Waals surface area contributed by atoms with E-state index in [1.807, 2.05) is 0 Å². The second kappa shape index (κ2) is 3.42. The van der Waals surface area contributed by atoms with Gasteiger partial charge in [-0.05, 0) is 0 Å². The van der Waals surface area contributed by atoms with Crippen LogP contribution in [0.15, 0.2) is 4.52 Å². The molecule has 1 N–H and O–H groups in total. The number of aromatic nitrogens is 1. The Morgan fingerprint density at radius 2 is 2.36 bits per heavy atom. The van der Waals surface area contributed by atoms with Gasteiger partial charge in [-0.15, -0.1) is 0 Å². The Balaban J connectivity index is 2.35.